The van der Waals surface area contributed by atoms with E-state index in [-0.39, 0.29) is 18.4 Å². The van der Waals surface area contributed by atoms with Gasteiger partial charge in [0.25, 0.3) is 5.91 Å². The summed E-state index contributed by atoms with van der Waals surface area (Å²) in [6.07, 6.45) is 1.65. The normalized spacial score (nSPS) is 11.9. The van der Waals surface area contributed by atoms with Gasteiger partial charge < -0.3 is 10.1 Å². The lowest BCUT2D eigenvalue weighted by Crippen LogP contribution is -2.34. The molecule has 1 unspecified atom stereocenters. The van der Waals surface area contributed by atoms with Crippen LogP contribution in [0.4, 0.5) is 0 Å². The third kappa shape index (κ3) is 3.24. The molecule has 2 rings (SSSR count). The summed E-state index contributed by atoms with van der Waals surface area (Å²) < 4.78 is 4.20. The van der Waals surface area contributed by atoms with Crippen LogP contribution in [0.25, 0.3) is 10.9 Å². The minimum atomic E-state index is -0.413. The standard InChI is InChI=1S/C14H13IN2O3/c1-20-14(19)11(15)8-17-13(18)10-6-2-4-9-5-3-7-16-12(9)10/h2-7,11H,8H2,1H3,(H,17,18). The molecule has 0 aliphatic rings. The molecule has 1 aromatic heterocycles. The zero-order valence-electron chi connectivity index (χ0n) is 10.8. The van der Waals surface area contributed by atoms with E-state index < -0.39 is 3.92 Å². The average molecular weight is 384 g/mol. The van der Waals surface area contributed by atoms with E-state index >= 15 is 0 Å². The van der Waals surface area contributed by atoms with Crippen LogP contribution in [0.3, 0.4) is 0 Å². The predicted molar refractivity (Wildman–Crippen MR) is 83.9 cm³/mol. The Labute approximate surface area is 129 Å². The number of halogens is 1. The van der Waals surface area contributed by atoms with E-state index in [0.29, 0.717) is 11.1 Å². The number of esters is 1. The molecule has 104 valence electrons. The number of rotatable bonds is 4. The van der Waals surface area contributed by atoms with Crippen LogP contribution in [0.15, 0.2) is 36.5 Å². The van der Waals surface area contributed by atoms with Gasteiger partial charge in [0.15, 0.2) is 0 Å². The van der Waals surface area contributed by atoms with E-state index in [2.05, 4.69) is 15.0 Å². The molecule has 1 aromatic carbocycles. The summed E-state index contributed by atoms with van der Waals surface area (Å²) in [5.74, 6) is -0.609. The molecule has 0 saturated carbocycles. The number of carbonyl (C=O) groups excluding carboxylic acids is 2. The average Bonchev–Trinajstić information content (AvgIpc) is 2.50. The Kier molecular flexibility index (Phi) is 4.89. The van der Waals surface area contributed by atoms with Crippen LogP contribution in [0.2, 0.25) is 0 Å². The maximum atomic E-state index is 12.2. The highest BCUT2D eigenvalue weighted by molar-refractivity contribution is 14.1. The van der Waals surface area contributed by atoms with Gasteiger partial charge in [-0.1, -0.05) is 40.8 Å². The summed E-state index contributed by atoms with van der Waals surface area (Å²) in [5, 5.41) is 3.62. The Morgan fingerprint density at radius 1 is 1.35 bits per heavy atom. The number of pyridine rings is 1. The highest BCUT2D eigenvalue weighted by Crippen LogP contribution is 2.15. The molecule has 0 aliphatic heterocycles. The van der Waals surface area contributed by atoms with Crippen molar-refractivity contribution < 1.29 is 14.3 Å². The molecule has 2 aromatic rings. The second-order valence-electron chi connectivity index (χ2n) is 4.08. The fourth-order valence-electron chi connectivity index (χ4n) is 1.78. The first-order chi connectivity index (χ1) is 9.63. The van der Waals surface area contributed by atoms with Gasteiger partial charge in [-0.05, 0) is 12.1 Å². The topological polar surface area (TPSA) is 68.3 Å². The van der Waals surface area contributed by atoms with E-state index in [0.717, 1.165) is 5.39 Å². The number of amides is 1. The first-order valence-electron chi connectivity index (χ1n) is 5.97. The minimum Gasteiger partial charge on any atom is -0.468 e. The summed E-state index contributed by atoms with van der Waals surface area (Å²) >= 11 is 1.93. The van der Waals surface area contributed by atoms with Gasteiger partial charge in [-0.15, -0.1) is 0 Å². The Bertz CT molecular complexity index is 640. The molecule has 20 heavy (non-hydrogen) atoms. The highest BCUT2D eigenvalue weighted by Gasteiger charge is 2.17. The van der Waals surface area contributed by atoms with Gasteiger partial charge in [0, 0.05) is 18.1 Å². The van der Waals surface area contributed by atoms with Crippen molar-refractivity contribution >= 4 is 45.4 Å². The van der Waals surface area contributed by atoms with Crippen LogP contribution in [0.1, 0.15) is 10.4 Å². The number of aromatic nitrogens is 1. The molecular weight excluding hydrogens is 371 g/mol. The van der Waals surface area contributed by atoms with Crippen LogP contribution >= 0.6 is 22.6 Å². The molecule has 0 aliphatic carbocycles. The number of nitrogens with zero attached hydrogens (tertiary/aromatic N) is 1. The third-order valence-electron chi connectivity index (χ3n) is 2.78. The maximum absolute atomic E-state index is 12.2. The number of benzene rings is 1. The van der Waals surface area contributed by atoms with Crippen molar-refractivity contribution in [3.05, 3.63) is 42.1 Å². The summed E-state index contributed by atoms with van der Waals surface area (Å²) in [7, 11) is 1.32. The highest BCUT2D eigenvalue weighted by atomic mass is 127. The lowest BCUT2D eigenvalue weighted by molar-refractivity contribution is -0.139. The van der Waals surface area contributed by atoms with Crippen molar-refractivity contribution in [2.45, 2.75) is 3.92 Å². The Morgan fingerprint density at radius 2 is 2.10 bits per heavy atom. The fourth-order valence-corrected chi connectivity index (χ4v) is 2.25. The molecule has 0 bridgehead atoms. The molecule has 1 N–H and O–H groups in total. The van der Waals surface area contributed by atoms with Gasteiger partial charge in [0.2, 0.25) is 0 Å². The zero-order valence-corrected chi connectivity index (χ0v) is 13.0. The van der Waals surface area contributed by atoms with E-state index in [9.17, 15) is 9.59 Å². The van der Waals surface area contributed by atoms with Gasteiger partial charge in [-0.25, -0.2) is 0 Å². The zero-order chi connectivity index (χ0) is 14.5. The molecule has 1 heterocycles. The lowest BCUT2D eigenvalue weighted by atomic mass is 10.1. The minimum absolute atomic E-state index is 0.218. The van der Waals surface area contributed by atoms with E-state index in [1.807, 2.05) is 40.8 Å². The molecule has 0 spiro atoms. The smallest absolute Gasteiger partial charge is 0.320 e. The van der Waals surface area contributed by atoms with Crippen LogP contribution in [-0.4, -0.2) is 34.4 Å². The number of ether oxygens (including phenoxy) is 1. The van der Waals surface area contributed by atoms with E-state index in [1.165, 1.54) is 7.11 Å². The Hall–Kier alpha value is -1.70. The first kappa shape index (κ1) is 14.7. The number of hydrogen-bond acceptors (Lipinski definition) is 4. The Balaban J connectivity index is 2.14. The Morgan fingerprint density at radius 3 is 2.85 bits per heavy atom. The van der Waals surface area contributed by atoms with Crippen LogP contribution in [0, 0.1) is 0 Å². The molecule has 0 saturated heterocycles. The maximum Gasteiger partial charge on any atom is 0.320 e. The van der Waals surface area contributed by atoms with Crippen molar-refractivity contribution in [3.8, 4) is 0 Å². The number of fused-ring (bicyclic) bond motifs is 1. The molecular formula is C14H13IN2O3. The van der Waals surface area contributed by atoms with Crippen LogP contribution in [0.5, 0.6) is 0 Å². The number of nitrogens with one attached hydrogen (secondary N) is 1. The molecule has 5 nitrogen and oxygen atoms in total. The lowest BCUT2D eigenvalue weighted by Gasteiger charge is -2.10. The van der Waals surface area contributed by atoms with Gasteiger partial charge in [-0.3, -0.25) is 14.6 Å². The molecule has 6 heteroatoms. The third-order valence-corrected chi connectivity index (χ3v) is 3.73. The van der Waals surface area contributed by atoms with Gasteiger partial charge in [0.05, 0.1) is 18.2 Å². The van der Waals surface area contributed by atoms with Crippen LogP contribution < -0.4 is 5.32 Å². The van der Waals surface area contributed by atoms with Crippen molar-refractivity contribution in [1.82, 2.24) is 10.3 Å². The van der Waals surface area contributed by atoms with Gasteiger partial charge in [0.1, 0.15) is 3.92 Å². The fraction of sp³-hybridized carbons (Fsp3) is 0.214. The second-order valence-corrected chi connectivity index (χ2v) is 5.59. The second kappa shape index (κ2) is 6.65. The molecule has 0 fully saturated rings. The summed E-state index contributed by atoms with van der Waals surface area (Å²) in [4.78, 5) is 27.7. The van der Waals surface area contributed by atoms with E-state index in [1.54, 1.807) is 18.3 Å². The number of para-hydroxylation sites is 1. The summed E-state index contributed by atoms with van der Waals surface area (Å²) in [6, 6.07) is 9.14. The number of carbonyl (C=O) groups is 2. The summed E-state index contributed by atoms with van der Waals surface area (Å²) in [6.45, 7) is 0.218. The largest absolute Gasteiger partial charge is 0.468 e. The number of methoxy groups -OCH3 is 1. The quantitative estimate of drug-likeness (QED) is 0.497. The van der Waals surface area contributed by atoms with Crippen LogP contribution in [-0.2, 0) is 9.53 Å². The first-order valence-corrected chi connectivity index (χ1v) is 7.22. The molecule has 1 atom stereocenters. The van der Waals surface area contributed by atoms with E-state index in [4.69, 9.17) is 0 Å². The molecule has 0 radical (unpaired) electrons. The van der Waals surface area contributed by atoms with Crippen molar-refractivity contribution in [3.63, 3.8) is 0 Å². The molecule has 1 amide bonds. The predicted octanol–water partition coefficient (Wildman–Crippen LogP) is 1.94. The number of alkyl halides is 1. The van der Waals surface area contributed by atoms with Crippen molar-refractivity contribution in [1.29, 1.82) is 0 Å². The monoisotopic (exact) mass is 384 g/mol. The number of hydrogen-bond donors (Lipinski definition) is 1. The van der Waals surface area contributed by atoms with Gasteiger partial charge >= 0.3 is 5.97 Å². The van der Waals surface area contributed by atoms with Crippen molar-refractivity contribution in [2.24, 2.45) is 0 Å². The van der Waals surface area contributed by atoms with Crippen molar-refractivity contribution in [2.75, 3.05) is 13.7 Å². The van der Waals surface area contributed by atoms with Gasteiger partial charge in [-0.2, -0.15) is 0 Å². The summed E-state index contributed by atoms with van der Waals surface area (Å²) in [5.41, 5.74) is 1.15. The SMILES string of the molecule is COC(=O)C(I)CNC(=O)c1cccc2cccnc12.